The Kier molecular flexibility index (Phi) is 4.34. The monoisotopic (exact) mass is 390 g/mol. The Hall–Kier alpha value is -2.49. The summed E-state index contributed by atoms with van der Waals surface area (Å²) >= 11 is 0. The third-order valence-electron chi connectivity index (χ3n) is 7.64. The summed E-state index contributed by atoms with van der Waals surface area (Å²) < 4.78 is 13.8. The third-order valence-corrected chi connectivity index (χ3v) is 7.64. The van der Waals surface area contributed by atoms with E-state index in [9.17, 15) is 9.18 Å². The van der Waals surface area contributed by atoms with Crippen LogP contribution in [0.3, 0.4) is 0 Å². The lowest BCUT2D eigenvalue weighted by Crippen LogP contribution is -2.40. The van der Waals surface area contributed by atoms with Gasteiger partial charge in [0.15, 0.2) is 0 Å². The molecule has 1 saturated carbocycles. The van der Waals surface area contributed by atoms with Crippen molar-refractivity contribution in [3.63, 3.8) is 0 Å². The van der Waals surface area contributed by atoms with Gasteiger partial charge in [0.2, 0.25) is 5.91 Å². The van der Waals surface area contributed by atoms with Crippen molar-refractivity contribution in [3.05, 3.63) is 65.2 Å². The Bertz CT molecular complexity index is 1010. The van der Waals surface area contributed by atoms with Crippen LogP contribution in [0, 0.1) is 23.1 Å². The van der Waals surface area contributed by atoms with Gasteiger partial charge in [-0.05, 0) is 95.7 Å². The average Bonchev–Trinajstić information content (AvgIpc) is 3.04. The van der Waals surface area contributed by atoms with Gasteiger partial charge in [-0.2, -0.15) is 0 Å². The molecule has 0 aliphatic heterocycles. The van der Waals surface area contributed by atoms with Crippen LogP contribution < -0.4 is 5.32 Å². The summed E-state index contributed by atoms with van der Waals surface area (Å²) in [5.74, 6) is 1.56. The molecule has 0 radical (unpaired) electrons. The van der Waals surface area contributed by atoms with Crippen molar-refractivity contribution in [2.75, 3.05) is 5.32 Å². The van der Waals surface area contributed by atoms with E-state index in [1.54, 1.807) is 13.0 Å². The Labute approximate surface area is 171 Å². The average molecular weight is 391 g/mol. The molecule has 4 heteroatoms. The highest BCUT2D eigenvalue weighted by molar-refractivity contribution is 5.88. The van der Waals surface area contributed by atoms with Gasteiger partial charge in [-0.1, -0.05) is 19.1 Å². The fourth-order valence-corrected chi connectivity index (χ4v) is 6.44. The fraction of sp³-hybridized carbons (Fsp3) is 0.440. The first-order chi connectivity index (χ1) is 14.0. The topological polar surface area (TPSA) is 42.0 Å². The van der Waals surface area contributed by atoms with Gasteiger partial charge in [-0.3, -0.25) is 9.78 Å². The first-order valence-electron chi connectivity index (χ1n) is 10.7. The maximum atomic E-state index is 13.8. The molecule has 1 heterocycles. The van der Waals surface area contributed by atoms with Gasteiger partial charge in [-0.25, -0.2) is 4.39 Å². The van der Waals surface area contributed by atoms with Crippen LogP contribution in [-0.2, 0) is 11.2 Å². The summed E-state index contributed by atoms with van der Waals surface area (Å²) in [6, 6.07) is 8.09. The second-order valence-electron chi connectivity index (χ2n) is 9.21. The highest BCUT2D eigenvalue weighted by Gasteiger charge is 2.51. The number of amides is 1. The molecule has 0 saturated heterocycles. The fourth-order valence-electron chi connectivity index (χ4n) is 6.44. The van der Waals surface area contributed by atoms with E-state index in [0.29, 0.717) is 17.8 Å². The van der Waals surface area contributed by atoms with Gasteiger partial charge in [-0.15, -0.1) is 0 Å². The van der Waals surface area contributed by atoms with E-state index in [2.05, 4.69) is 35.4 Å². The number of hydrogen-bond acceptors (Lipinski definition) is 2. The number of fused-ring (bicyclic) bond motifs is 5. The second kappa shape index (κ2) is 6.79. The SMILES string of the molecule is CC(=O)Nc1ccc2c(c1)CC[C@@H]1C2CC[C@]2(C)C(c3cncc(F)c3)=CC[C@@H]12. The number of anilines is 1. The van der Waals surface area contributed by atoms with Gasteiger partial charge in [0, 0.05) is 18.8 Å². The number of benzene rings is 1. The summed E-state index contributed by atoms with van der Waals surface area (Å²) in [4.78, 5) is 15.5. The maximum Gasteiger partial charge on any atom is 0.221 e. The van der Waals surface area contributed by atoms with Crippen molar-refractivity contribution in [3.8, 4) is 0 Å². The van der Waals surface area contributed by atoms with Gasteiger partial charge in [0.1, 0.15) is 5.82 Å². The molecule has 1 aromatic heterocycles. The smallest absolute Gasteiger partial charge is 0.221 e. The van der Waals surface area contributed by atoms with E-state index in [4.69, 9.17) is 0 Å². The molecule has 2 aromatic rings. The summed E-state index contributed by atoms with van der Waals surface area (Å²) in [6.45, 7) is 3.93. The highest BCUT2D eigenvalue weighted by atomic mass is 19.1. The molecule has 3 aliphatic rings. The summed E-state index contributed by atoms with van der Waals surface area (Å²) in [5, 5.41) is 2.91. The molecule has 1 aromatic carbocycles. The van der Waals surface area contributed by atoms with Gasteiger partial charge in [0.05, 0.1) is 6.20 Å². The summed E-state index contributed by atoms with van der Waals surface area (Å²) in [7, 11) is 0. The van der Waals surface area contributed by atoms with Crippen LogP contribution in [0.15, 0.2) is 42.7 Å². The van der Waals surface area contributed by atoms with E-state index in [1.807, 2.05) is 12.3 Å². The summed E-state index contributed by atoms with van der Waals surface area (Å²) in [5.41, 5.74) is 6.10. The summed E-state index contributed by atoms with van der Waals surface area (Å²) in [6.07, 6.45) is 11.0. The maximum absolute atomic E-state index is 13.8. The lowest BCUT2D eigenvalue weighted by Gasteiger charge is -2.50. The molecule has 3 aliphatic carbocycles. The third kappa shape index (κ3) is 3.00. The molecule has 1 amide bonds. The number of rotatable bonds is 2. The normalized spacial score (nSPS) is 30.0. The molecule has 29 heavy (non-hydrogen) atoms. The number of aromatic nitrogens is 1. The first kappa shape index (κ1) is 18.5. The van der Waals surface area contributed by atoms with Crippen LogP contribution in [0.2, 0.25) is 0 Å². The molecule has 3 nitrogen and oxygen atoms in total. The molecule has 1 fully saturated rings. The molecule has 5 rings (SSSR count). The molecule has 1 unspecified atom stereocenters. The molecular formula is C25H27FN2O. The van der Waals surface area contributed by atoms with E-state index >= 15 is 0 Å². The number of pyridine rings is 1. The Morgan fingerprint density at radius 1 is 1.24 bits per heavy atom. The number of hydrogen-bond donors (Lipinski definition) is 1. The standard InChI is InChI=1S/C25H27FN2O/c1-15(29)28-19-4-6-20-16(12-19)3-5-22-21(20)9-10-25(2)23(7-8-24(22)25)17-11-18(26)14-27-13-17/h4,6-7,11-14,21-22,24H,3,5,8-10H2,1-2H3,(H,28,29)/t21?,22-,24+,25-/m1/s1. The molecule has 0 spiro atoms. The van der Waals surface area contributed by atoms with Crippen LogP contribution in [-0.4, -0.2) is 10.9 Å². The van der Waals surface area contributed by atoms with Crippen molar-refractivity contribution < 1.29 is 9.18 Å². The number of carbonyl (C=O) groups is 1. The van der Waals surface area contributed by atoms with Crippen molar-refractivity contribution >= 4 is 17.2 Å². The van der Waals surface area contributed by atoms with E-state index < -0.39 is 0 Å². The van der Waals surface area contributed by atoms with Crippen molar-refractivity contribution in [1.82, 2.24) is 4.98 Å². The zero-order valence-electron chi connectivity index (χ0n) is 17.0. The molecular weight excluding hydrogens is 363 g/mol. The van der Waals surface area contributed by atoms with Crippen molar-refractivity contribution in [1.29, 1.82) is 0 Å². The van der Waals surface area contributed by atoms with Crippen molar-refractivity contribution in [2.45, 2.75) is 51.9 Å². The molecule has 4 atom stereocenters. The Morgan fingerprint density at radius 3 is 2.90 bits per heavy atom. The van der Waals surface area contributed by atoms with Crippen molar-refractivity contribution in [2.24, 2.45) is 17.3 Å². The van der Waals surface area contributed by atoms with Crippen LogP contribution in [0.4, 0.5) is 10.1 Å². The minimum Gasteiger partial charge on any atom is -0.326 e. The number of nitrogens with one attached hydrogen (secondary N) is 1. The molecule has 1 N–H and O–H groups in total. The van der Waals surface area contributed by atoms with Gasteiger partial charge < -0.3 is 5.32 Å². The Balaban J connectivity index is 1.43. The number of nitrogens with zero attached hydrogens (tertiary/aromatic N) is 1. The molecule has 150 valence electrons. The quantitative estimate of drug-likeness (QED) is 0.712. The largest absolute Gasteiger partial charge is 0.326 e. The second-order valence-corrected chi connectivity index (χ2v) is 9.21. The lowest BCUT2D eigenvalue weighted by molar-refractivity contribution is -0.114. The number of halogens is 1. The van der Waals surface area contributed by atoms with Gasteiger partial charge in [0.25, 0.3) is 0 Å². The van der Waals surface area contributed by atoms with E-state index in [1.165, 1.54) is 29.3 Å². The predicted molar refractivity (Wildman–Crippen MR) is 113 cm³/mol. The van der Waals surface area contributed by atoms with Gasteiger partial charge >= 0.3 is 0 Å². The first-order valence-corrected chi connectivity index (χ1v) is 10.7. The van der Waals surface area contributed by atoms with Crippen LogP contribution in [0.25, 0.3) is 5.57 Å². The van der Waals surface area contributed by atoms with Crippen LogP contribution in [0.1, 0.15) is 62.1 Å². The predicted octanol–water partition coefficient (Wildman–Crippen LogP) is 5.73. The van der Waals surface area contributed by atoms with Crippen LogP contribution in [0.5, 0.6) is 0 Å². The zero-order valence-corrected chi connectivity index (χ0v) is 17.0. The number of carbonyl (C=O) groups excluding carboxylic acids is 1. The minimum absolute atomic E-state index is 0.0246. The van der Waals surface area contributed by atoms with Crippen LogP contribution >= 0.6 is 0 Å². The minimum atomic E-state index is -0.259. The zero-order chi connectivity index (χ0) is 20.2. The number of allylic oxidation sites excluding steroid dienone is 2. The molecule has 0 bridgehead atoms. The highest BCUT2D eigenvalue weighted by Crippen LogP contribution is 2.63. The Morgan fingerprint density at radius 2 is 2.10 bits per heavy atom. The lowest BCUT2D eigenvalue weighted by atomic mass is 9.54. The van der Waals surface area contributed by atoms with E-state index in [0.717, 1.165) is 36.9 Å². The number of aryl methyl sites for hydroxylation is 1. The van der Waals surface area contributed by atoms with E-state index in [-0.39, 0.29) is 17.1 Å².